The van der Waals surface area contributed by atoms with Gasteiger partial charge in [-0.2, -0.15) is 0 Å². The molecule has 0 saturated carbocycles. The summed E-state index contributed by atoms with van der Waals surface area (Å²) in [6.45, 7) is 1.45. The molecule has 0 fully saturated rings. The van der Waals surface area contributed by atoms with Crippen molar-refractivity contribution >= 4 is 22.6 Å². The van der Waals surface area contributed by atoms with Gasteiger partial charge in [0.1, 0.15) is 11.3 Å². The lowest BCUT2D eigenvalue weighted by atomic mass is 10.2. The standard InChI is InChI=1S/C22H24N2O5/c1-27-19-12-16-11-17(22(26)29-18(16)13-20(19)28-2)24-21(25)9-6-10-23-14-15-7-4-3-5-8-15/h3-5,7-8,11-13,23H,6,9-10,14H2,1-2H3,(H,24,25). The highest BCUT2D eigenvalue weighted by Crippen LogP contribution is 2.32. The number of anilines is 1. The highest BCUT2D eigenvalue weighted by Gasteiger charge is 2.12. The van der Waals surface area contributed by atoms with Crippen LogP contribution in [0, 0.1) is 0 Å². The van der Waals surface area contributed by atoms with Crippen molar-refractivity contribution in [3.63, 3.8) is 0 Å². The second-order valence-electron chi connectivity index (χ2n) is 6.51. The molecule has 0 saturated heterocycles. The highest BCUT2D eigenvalue weighted by atomic mass is 16.5. The first-order valence-electron chi connectivity index (χ1n) is 9.35. The molecular formula is C22H24N2O5. The number of carbonyl (C=O) groups excluding carboxylic acids is 1. The van der Waals surface area contributed by atoms with Crippen molar-refractivity contribution in [3.05, 3.63) is 64.5 Å². The third-order valence-corrected chi connectivity index (χ3v) is 4.44. The molecule has 0 bridgehead atoms. The fraction of sp³-hybridized carbons (Fsp3) is 0.273. The predicted octanol–water partition coefficient (Wildman–Crippen LogP) is 3.32. The number of carbonyl (C=O) groups is 1. The normalized spacial score (nSPS) is 10.7. The molecule has 0 unspecified atom stereocenters. The minimum Gasteiger partial charge on any atom is -0.493 e. The summed E-state index contributed by atoms with van der Waals surface area (Å²) < 4.78 is 15.8. The molecule has 3 rings (SSSR count). The molecule has 2 N–H and O–H groups in total. The number of ether oxygens (including phenoxy) is 2. The van der Waals surface area contributed by atoms with E-state index in [0.29, 0.717) is 41.9 Å². The molecule has 0 radical (unpaired) electrons. The molecular weight excluding hydrogens is 372 g/mol. The Morgan fingerprint density at radius 3 is 2.48 bits per heavy atom. The molecule has 7 heteroatoms. The average molecular weight is 396 g/mol. The first-order chi connectivity index (χ1) is 14.1. The van der Waals surface area contributed by atoms with Gasteiger partial charge in [0.15, 0.2) is 11.5 Å². The zero-order valence-electron chi connectivity index (χ0n) is 16.5. The van der Waals surface area contributed by atoms with Crippen LogP contribution >= 0.6 is 0 Å². The summed E-state index contributed by atoms with van der Waals surface area (Å²) in [7, 11) is 3.03. The minimum absolute atomic E-state index is 0.104. The summed E-state index contributed by atoms with van der Waals surface area (Å²) in [5, 5.41) is 6.55. The van der Waals surface area contributed by atoms with E-state index in [-0.39, 0.29) is 11.6 Å². The van der Waals surface area contributed by atoms with E-state index in [1.54, 1.807) is 18.2 Å². The Balaban J connectivity index is 1.56. The topological polar surface area (TPSA) is 89.8 Å². The molecule has 0 aliphatic rings. The summed E-state index contributed by atoms with van der Waals surface area (Å²) in [4.78, 5) is 24.4. The number of amides is 1. The minimum atomic E-state index is -0.611. The monoisotopic (exact) mass is 396 g/mol. The Morgan fingerprint density at radius 2 is 1.76 bits per heavy atom. The summed E-state index contributed by atoms with van der Waals surface area (Å²) >= 11 is 0. The van der Waals surface area contributed by atoms with Crippen LogP contribution in [0.2, 0.25) is 0 Å². The van der Waals surface area contributed by atoms with Crippen LogP contribution < -0.4 is 25.7 Å². The van der Waals surface area contributed by atoms with Gasteiger partial charge in [0.25, 0.3) is 0 Å². The highest BCUT2D eigenvalue weighted by molar-refractivity contribution is 5.93. The van der Waals surface area contributed by atoms with Crippen LogP contribution in [-0.4, -0.2) is 26.7 Å². The number of nitrogens with one attached hydrogen (secondary N) is 2. The van der Waals surface area contributed by atoms with Crippen molar-refractivity contribution in [2.45, 2.75) is 19.4 Å². The fourth-order valence-electron chi connectivity index (χ4n) is 2.95. The number of fused-ring (bicyclic) bond motifs is 1. The summed E-state index contributed by atoms with van der Waals surface area (Å²) in [5.74, 6) is 0.734. The molecule has 7 nitrogen and oxygen atoms in total. The van der Waals surface area contributed by atoms with E-state index in [1.165, 1.54) is 19.8 Å². The van der Waals surface area contributed by atoms with Gasteiger partial charge in [0, 0.05) is 24.4 Å². The number of hydrogen-bond acceptors (Lipinski definition) is 6. The van der Waals surface area contributed by atoms with E-state index in [4.69, 9.17) is 13.9 Å². The third kappa shape index (κ3) is 5.36. The number of hydrogen-bond donors (Lipinski definition) is 2. The summed E-state index contributed by atoms with van der Waals surface area (Å²) in [6, 6.07) is 14.9. The van der Waals surface area contributed by atoms with Gasteiger partial charge in [-0.25, -0.2) is 4.79 Å². The maximum Gasteiger partial charge on any atom is 0.360 e. The second kappa shape index (κ2) is 9.75. The van der Waals surface area contributed by atoms with Crippen molar-refractivity contribution < 1.29 is 18.7 Å². The molecule has 0 aliphatic carbocycles. The van der Waals surface area contributed by atoms with Crippen LogP contribution in [0.5, 0.6) is 11.5 Å². The van der Waals surface area contributed by atoms with Gasteiger partial charge >= 0.3 is 5.63 Å². The maximum atomic E-state index is 12.2. The zero-order chi connectivity index (χ0) is 20.6. The molecule has 29 heavy (non-hydrogen) atoms. The number of methoxy groups -OCH3 is 2. The van der Waals surface area contributed by atoms with Crippen LogP contribution in [0.1, 0.15) is 18.4 Å². The molecule has 0 atom stereocenters. The SMILES string of the molecule is COc1cc2cc(NC(=O)CCCNCc3ccccc3)c(=O)oc2cc1OC. The second-order valence-corrected chi connectivity index (χ2v) is 6.51. The van der Waals surface area contributed by atoms with Crippen LogP contribution in [0.3, 0.4) is 0 Å². The van der Waals surface area contributed by atoms with Gasteiger partial charge in [0.05, 0.1) is 14.2 Å². The van der Waals surface area contributed by atoms with Crippen molar-refractivity contribution in [3.8, 4) is 11.5 Å². The largest absolute Gasteiger partial charge is 0.493 e. The Morgan fingerprint density at radius 1 is 1.03 bits per heavy atom. The Kier molecular flexibility index (Phi) is 6.86. The number of benzene rings is 2. The molecule has 152 valence electrons. The van der Waals surface area contributed by atoms with E-state index >= 15 is 0 Å². The van der Waals surface area contributed by atoms with Crippen molar-refractivity contribution in [1.29, 1.82) is 0 Å². The first-order valence-corrected chi connectivity index (χ1v) is 9.35. The predicted molar refractivity (Wildman–Crippen MR) is 112 cm³/mol. The van der Waals surface area contributed by atoms with E-state index in [0.717, 1.165) is 6.54 Å². The lowest BCUT2D eigenvalue weighted by Gasteiger charge is -2.10. The molecule has 2 aromatic carbocycles. The lowest BCUT2D eigenvalue weighted by Crippen LogP contribution is -2.20. The third-order valence-electron chi connectivity index (χ3n) is 4.44. The Bertz CT molecular complexity index is 1030. The maximum absolute atomic E-state index is 12.2. The summed E-state index contributed by atoms with van der Waals surface area (Å²) in [5.41, 5.74) is 1.04. The van der Waals surface area contributed by atoms with Crippen molar-refractivity contribution in [1.82, 2.24) is 5.32 Å². The average Bonchev–Trinajstić information content (AvgIpc) is 2.74. The van der Waals surface area contributed by atoms with Crippen LogP contribution in [-0.2, 0) is 11.3 Å². The van der Waals surface area contributed by atoms with Crippen molar-refractivity contribution in [2.24, 2.45) is 0 Å². The quantitative estimate of drug-likeness (QED) is 0.426. The van der Waals surface area contributed by atoms with E-state index in [1.807, 2.05) is 30.3 Å². The molecule has 1 aromatic heterocycles. The molecule has 1 heterocycles. The summed E-state index contributed by atoms with van der Waals surface area (Å²) in [6.07, 6.45) is 0.952. The lowest BCUT2D eigenvalue weighted by molar-refractivity contribution is -0.116. The zero-order valence-corrected chi connectivity index (χ0v) is 16.5. The smallest absolute Gasteiger partial charge is 0.360 e. The van der Waals surface area contributed by atoms with E-state index in [9.17, 15) is 9.59 Å². The van der Waals surface area contributed by atoms with Gasteiger partial charge in [-0.1, -0.05) is 30.3 Å². The fourth-order valence-corrected chi connectivity index (χ4v) is 2.95. The van der Waals surface area contributed by atoms with Gasteiger partial charge in [-0.15, -0.1) is 0 Å². The number of rotatable bonds is 9. The van der Waals surface area contributed by atoms with Crippen LogP contribution in [0.15, 0.2) is 57.7 Å². The van der Waals surface area contributed by atoms with E-state index < -0.39 is 5.63 Å². The first kappa shape index (κ1) is 20.4. The van der Waals surface area contributed by atoms with Gasteiger partial charge < -0.3 is 24.5 Å². The van der Waals surface area contributed by atoms with E-state index in [2.05, 4.69) is 10.6 Å². The molecule has 0 aliphatic heterocycles. The Hall–Kier alpha value is -3.32. The van der Waals surface area contributed by atoms with Gasteiger partial charge in [0.2, 0.25) is 5.91 Å². The van der Waals surface area contributed by atoms with Gasteiger partial charge in [-0.05, 0) is 30.7 Å². The van der Waals surface area contributed by atoms with Gasteiger partial charge in [-0.3, -0.25) is 4.79 Å². The molecule has 1 amide bonds. The molecule has 0 spiro atoms. The Labute approximate surface area is 168 Å². The van der Waals surface area contributed by atoms with Crippen molar-refractivity contribution in [2.75, 3.05) is 26.1 Å². The van der Waals surface area contributed by atoms with Crippen LogP contribution in [0.25, 0.3) is 11.0 Å². The van der Waals surface area contributed by atoms with Crippen LogP contribution in [0.4, 0.5) is 5.69 Å². The molecule has 3 aromatic rings.